The Balaban J connectivity index is 2.94. The van der Waals surface area contributed by atoms with Crippen LogP contribution < -0.4 is 0 Å². The molecule has 1 aliphatic carbocycles. The van der Waals surface area contributed by atoms with Crippen molar-refractivity contribution in [1.29, 1.82) is 0 Å². The molecule has 0 fully saturated rings. The molecule has 1 rings (SSSR count). The number of halogens is 4. The van der Waals surface area contributed by atoms with Crippen molar-refractivity contribution in [2.45, 2.75) is 12.6 Å². The summed E-state index contributed by atoms with van der Waals surface area (Å²) in [6, 6.07) is 0. The van der Waals surface area contributed by atoms with Gasteiger partial charge in [0.25, 0.3) is 0 Å². The zero-order chi connectivity index (χ0) is 10.1. The van der Waals surface area contributed by atoms with E-state index in [1.165, 1.54) is 0 Å². The highest BCUT2D eigenvalue weighted by Gasteiger charge is 2.52. The van der Waals surface area contributed by atoms with Gasteiger partial charge in [-0.3, -0.25) is 0 Å². The number of hydrogen-bond acceptors (Lipinski definition) is 1. The van der Waals surface area contributed by atoms with E-state index in [1.54, 1.807) is 0 Å². The van der Waals surface area contributed by atoms with Crippen molar-refractivity contribution >= 4 is 0 Å². The molecule has 1 unspecified atom stereocenters. The molecule has 0 saturated heterocycles. The molecule has 0 aromatic rings. The van der Waals surface area contributed by atoms with Crippen LogP contribution >= 0.6 is 0 Å². The van der Waals surface area contributed by atoms with Crippen LogP contribution in [0.3, 0.4) is 0 Å². The van der Waals surface area contributed by atoms with Gasteiger partial charge >= 0.3 is 6.18 Å². The summed E-state index contributed by atoms with van der Waals surface area (Å²) < 4.78 is 49.5. The van der Waals surface area contributed by atoms with Crippen LogP contribution in [0, 0.1) is 5.41 Å². The molecule has 0 aromatic heterocycles. The van der Waals surface area contributed by atoms with Gasteiger partial charge in [-0.05, 0) is 18.6 Å². The Kier molecular flexibility index (Phi) is 2.47. The van der Waals surface area contributed by atoms with Crippen molar-refractivity contribution in [3.05, 3.63) is 24.1 Å². The van der Waals surface area contributed by atoms with Crippen LogP contribution in [0.2, 0.25) is 0 Å². The standard InChI is InChI=1S/C8H8F4O/c9-6-1-3-7(5-13,4-2-6)8(10,11)12/h1-3,13H,4-5H2. The largest absolute Gasteiger partial charge is 0.400 e. The van der Waals surface area contributed by atoms with Crippen LogP contribution in [0.5, 0.6) is 0 Å². The number of alkyl halides is 3. The van der Waals surface area contributed by atoms with Gasteiger partial charge in [-0.25, -0.2) is 4.39 Å². The summed E-state index contributed by atoms with van der Waals surface area (Å²) >= 11 is 0. The predicted octanol–water partition coefficient (Wildman–Crippen LogP) is 2.34. The van der Waals surface area contributed by atoms with Gasteiger partial charge in [0.1, 0.15) is 11.2 Å². The second-order valence-electron chi connectivity index (χ2n) is 2.94. The van der Waals surface area contributed by atoms with Crippen molar-refractivity contribution in [3.8, 4) is 0 Å². The lowest BCUT2D eigenvalue weighted by Crippen LogP contribution is -2.40. The fourth-order valence-corrected chi connectivity index (χ4v) is 1.07. The normalized spacial score (nSPS) is 28.8. The van der Waals surface area contributed by atoms with Crippen molar-refractivity contribution in [3.63, 3.8) is 0 Å². The van der Waals surface area contributed by atoms with Crippen LogP contribution in [0.4, 0.5) is 17.6 Å². The number of rotatable bonds is 1. The first-order chi connectivity index (χ1) is 5.91. The fourth-order valence-electron chi connectivity index (χ4n) is 1.07. The molecule has 0 amide bonds. The van der Waals surface area contributed by atoms with Crippen LogP contribution in [-0.2, 0) is 0 Å². The molecular formula is C8H8F4O. The summed E-state index contributed by atoms with van der Waals surface area (Å²) in [5.41, 5.74) is -2.30. The summed E-state index contributed by atoms with van der Waals surface area (Å²) in [4.78, 5) is 0. The first-order valence-electron chi connectivity index (χ1n) is 3.64. The summed E-state index contributed by atoms with van der Waals surface area (Å²) in [5, 5.41) is 8.64. The van der Waals surface area contributed by atoms with E-state index in [4.69, 9.17) is 5.11 Å². The van der Waals surface area contributed by atoms with Gasteiger partial charge < -0.3 is 5.11 Å². The maximum atomic E-state index is 12.4. The highest BCUT2D eigenvalue weighted by Crippen LogP contribution is 2.44. The third kappa shape index (κ3) is 1.75. The zero-order valence-electron chi connectivity index (χ0n) is 6.61. The minimum Gasteiger partial charge on any atom is -0.395 e. The molecule has 0 saturated carbocycles. The van der Waals surface area contributed by atoms with Gasteiger partial charge in [-0.2, -0.15) is 13.2 Å². The van der Waals surface area contributed by atoms with Crippen LogP contribution in [-0.4, -0.2) is 17.9 Å². The number of aliphatic hydroxyl groups is 1. The Hall–Kier alpha value is -0.840. The average molecular weight is 196 g/mol. The molecule has 5 heteroatoms. The third-order valence-electron chi connectivity index (χ3n) is 2.07. The maximum Gasteiger partial charge on any atom is 0.400 e. The van der Waals surface area contributed by atoms with Gasteiger partial charge in [-0.15, -0.1) is 0 Å². The quantitative estimate of drug-likeness (QED) is 0.638. The van der Waals surface area contributed by atoms with E-state index in [2.05, 4.69) is 0 Å². The summed E-state index contributed by atoms with van der Waals surface area (Å²) in [6.07, 6.45) is -2.87. The highest BCUT2D eigenvalue weighted by molar-refractivity contribution is 5.23. The molecule has 74 valence electrons. The summed E-state index contributed by atoms with van der Waals surface area (Å²) in [6.45, 7) is -1.06. The maximum absolute atomic E-state index is 12.4. The van der Waals surface area contributed by atoms with Crippen molar-refractivity contribution in [1.82, 2.24) is 0 Å². The fraction of sp³-hybridized carbons (Fsp3) is 0.500. The lowest BCUT2D eigenvalue weighted by atomic mass is 9.81. The SMILES string of the molecule is OCC1(C(F)(F)F)C=CC(F)=CC1. The molecule has 1 atom stereocenters. The Labute approximate surface area is 72.4 Å². The molecule has 13 heavy (non-hydrogen) atoms. The van der Waals surface area contributed by atoms with Gasteiger partial charge in [0.05, 0.1) is 6.61 Å². The molecule has 1 aliphatic rings. The smallest absolute Gasteiger partial charge is 0.395 e. The number of hydrogen-bond donors (Lipinski definition) is 1. The Morgan fingerprint density at radius 3 is 2.38 bits per heavy atom. The number of allylic oxidation sites excluding steroid dienone is 3. The van der Waals surface area contributed by atoms with Crippen LogP contribution in [0.25, 0.3) is 0 Å². The molecule has 1 nitrogen and oxygen atoms in total. The van der Waals surface area contributed by atoms with E-state index in [0.717, 1.165) is 12.2 Å². The minimum atomic E-state index is -4.55. The van der Waals surface area contributed by atoms with Gasteiger partial charge in [0, 0.05) is 0 Å². The van der Waals surface area contributed by atoms with Gasteiger partial charge in [0.2, 0.25) is 0 Å². The Morgan fingerprint density at radius 2 is 2.08 bits per heavy atom. The van der Waals surface area contributed by atoms with Gasteiger partial charge in [0.15, 0.2) is 0 Å². The molecule has 0 aromatic carbocycles. The summed E-state index contributed by atoms with van der Waals surface area (Å²) in [5.74, 6) is -0.701. The highest BCUT2D eigenvalue weighted by atomic mass is 19.4. The van der Waals surface area contributed by atoms with E-state index in [0.29, 0.717) is 6.08 Å². The first kappa shape index (κ1) is 10.2. The van der Waals surface area contributed by atoms with Crippen molar-refractivity contribution < 1.29 is 22.7 Å². The minimum absolute atomic E-state index is 0.546. The van der Waals surface area contributed by atoms with E-state index in [1.807, 2.05) is 0 Å². The van der Waals surface area contributed by atoms with Gasteiger partial charge in [-0.1, -0.05) is 6.08 Å². The zero-order valence-corrected chi connectivity index (χ0v) is 6.61. The second-order valence-corrected chi connectivity index (χ2v) is 2.94. The van der Waals surface area contributed by atoms with Crippen LogP contribution in [0.1, 0.15) is 6.42 Å². The van der Waals surface area contributed by atoms with E-state index < -0.39 is 30.4 Å². The summed E-state index contributed by atoms with van der Waals surface area (Å²) in [7, 11) is 0. The Bertz CT molecular complexity index is 253. The van der Waals surface area contributed by atoms with E-state index >= 15 is 0 Å². The molecule has 1 N–H and O–H groups in total. The Morgan fingerprint density at radius 1 is 1.46 bits per heavy atom. The van der Waals surface area contributed by atoms with Crippen molar-refractivity contribution in [2.24, 2.45) is 5.41 Å². The van der Waals surface area contributed by atoms with E-state index in [9.17, 15) is 17.6 Å². The lowest BCUT2D eigenvalue weighted by Gasteiger charge is -2.31. The number of aliphatic hydroxyl groups excluding tert-OH is 1. The molecule has 0 radical (unpaired) electrons. The predicted molar refractivity (Wildman–Crippen MR) is 38.5 cm³/mol. The molecular weight excluding hydrogens is 188 g/mol. The molecule has 0 aliphatic heterocycles. The average Bonchev–Trinajstić information content (AvgIpc) is 2.04. The van der Waals surface area contributed by atoms with E-state index in [-0.39, 0.29) is 0 Å². The second kappa shape index (κ2) is 3.14. The lowest BCUT2D eigenvalue weighted by molar-refractivity contribution is -0.216. The van der Waals surface area contributed by atoms with Crippen LogP contribution in [0.15, 0.2) is 24.1 Å². The third-order valence-corrected chi connectivity index (χ3v) is 2.07. The monoisotopic (exact) mass is 196 g/mol. The molecule has 0 heterocycles. The van der Waals surface area contributed by atoms with Crippen molar-refractivity contribution in [2.75, 3.05) is 6.61 Å². The topological polar surface area (TPSA) is 20.2 Å². The first-order valence-corrected chi connectivity index (χ1v) is 3.64. The molecule has 0 spiro atoms. The molecule has 0 bridgehead atoms.